The highest BCUT2D eigenvalue weighted by atomic mass is 16.6. The Hall–Kier alpha value is -2.66. The van der Waals surface area contributed by atoms with Crippen LogP contribution in [-0.2, 0) is 23.8 Å². The van der Waals surface area contributed by atoms with Gasteiger partial charge in [0.15, 0.2) is 6.10 Å². The minimum Gasteiger partial charge on any atom is -0.466 e. The summed E-state index contributed by atoms with van der Waals surface area (Å²) in [6.45, 7) is 7.94. The summed E-state index contributed by atoms with van der Waals surface area (Å²) >= 11 is 0. The largest absolute Gasteiger partial charge is 0.466 e. The summed E-state index contributed by atoms with van der Waals surface area (Å²) in [5, 5.41) is 2.14. The van der Waals surface area contributed by atoms with Crippen molar-refractivity contribution in [3.63, 3.8) is 0 Å². The minimum absolute atomic E-state index is 0.224. The van der Waals surface area contributed by atoms with E-state index in [2.05, 4.69) is 26.8 Å². The quantitative estimate of drug-likeness (QED) is 0.292. The van der Waals surface area contributed by atoms with Gasteiger partial charge >= 0.3 is 11.9 Å². The highest BCUT2D eigenvalue weighted by Gasteiger charge is 2.26. The van der Waals surface area contributed by atoms with Crippen LogP contribution in [0.1, 0.15) is 65.0 Å². The van der Waals surface area contributed by atoms with Crippen LogP contribution in [0.4, 0.5) is 0 Å². The fourth-order valence-electron chi connectivity index (χ4n) is 3.75. The number of allylic oxidation sites excluding steroid dienone is 2. The predicted octanol–water partition coefficient (Wildman–Crippen LogP) is 6.16. The smallest absolute Gasteiger partial charge is 0.340 e. The Kier molecular flexibility index (Phi) is 10.4. The van der Waals surface area contributed by atoms with E-state index in [0.29, 0.717) is 18.8 Å². The normalized spacial score (nSPS) is 13.8. The van der Waals surface area contributed by atoms with Gasteiger partial charge in [0.2, 0.25) is 0 Å². The first kappa shape index (κ1) is 25.6. The Bertz CT molecular complexity index is 913. The molecule has 2 rings (SSSR count). The molecule has 0 fully saturated rings. The lowest BCUT2D eigenvalue weighted by atomic mass is 9.96. The first-order chi connectivity index (χ1) is 15.3. The van der Waals surface area contributed by atoms with E-state index in [9.17, 15) is 9.59 Å². The van der Waals surface area contributed by atoms with Crippen molar-refractivity contribution in [1.29, 1.82) is 0 Å². The van der Waals surface area contributed by atoms with E-state index in [0.717, 1.165) is 29.2 Å². The molecule has 5 nitrogen and oxygen atoms in total. The number of benzene rings is 2. The number of hydrogen-bond donors (Lipinski definition) is 0. The summed E-state index contributed by atoms with van der Waals surface area (Å²) in [7, 11) is 1.51. The van der Waals surface area contributed by atoms with Gasteiger partial charge < -0.3 is 14.2 Å². The van der Waals surface area contributed by atoms with Crippen molar-refractivity contribution in [3.8, 4) is 0 Å². The lowest BCUT2D eigenvalue weighted by Crippen LogP contribution is -2.27. The number of hydrogen-bond acceptors (Lipinski definition) is 5. The van der Waals surface area contributed by atoms with E-state index in [-0.39, 0.29) is 18.7 Å². The van der Waals surface area contributed by atoms with Crippen LogP contribution in [0.15, 0.2) is 54.1 Å². The second-order valence-electron chi connectivity index (χ2n) is 8.61. The Balaban J connectivity index is 2.08. The first-order valence-electron chi connectivity index (χ1n) is 11.3. The highest BCUT2D eigenvalue weighted by molar-refractivity contribution is 5.85. The maximum Gasteiger partial charge on any atom is 0.340 e. The fourth-order valence-corrected chi connectivity index (χ4v) is 3.75. The van der Waals surface area contributed by atoms with E-state index in [1.807, 2.05) is 42.5 Å². The molecule has 0 aliphatic heterocycles. The lowest BCUT2D eigenvalue weighted by Gasteiger charge is -2.24. The van der Waals surface area contributed by atoms with Crippen molar-refractivity contribution in [2.75, 3.05) is 13.7 Å². The van der Waals surface area contributed by atoms with Gasteiger partial charge in [-0.2, -0.15) is 0 Å². The standard InChI is InChI=1S/C27H36O5/c1-19(2)9-8-10-20(3)17-25(15-16-31-21(4)28)32-27(29)26(30-5)24-14-13-22-11-6-7-12-23(22)18-24/h6-7,9,11-14,18,20,25-26H,8,10,15-17H2,1-5H3/t20-,25-,26?/m1/s1. The Morgan fingerprint density at radius 3 is 2.38 bits per heavy atom. The van der Waals surface area contributed by atoms with Gasteiger partial charge in [-0.25, -0.2) is 4.79 Å². The van der Waals surface area contributed by atoms with Crippen molar-refractivity contribution in [3.05, 3.63) is 59.7 Å². The summed E-state index contributed by atoms with van der Waals surface area (Å²) < 4.78 is 16.5. The SMILES string of the molecule is COC(C(=O)O[C@H](CCOC(C)=O)C[C@H](C)CCC=C(C)C)c1ccc2ccccc2c1. The molecule has 2 aromatic rings. The number of rotatable bonds is 12. The highest BCUT2D eigenvalue weighted by Crippen LogP contribution is 2.26. The second kappa shape index (κ2) is 13.0. The molecule has 2 aromatic carbocycles. The molecule has 0 aromatic heterocycles. The van der Waals surface area contributed by atoms with Crippen molar-refractivity contribution in [1.82, 2.24) is 0 Å². The number of ether oxygens (including phenoxy) is 3. The Labute approximate surface area is 191 Å². The van der Waals surface area contributed by atoms with Gasteiger partial charge in [-0.05, 0) is 61.4 Å². The van der Waals surface area contributed by atoms with Gasteiger partial charge in [0.05, 0.1) is 6.61 Å². The topological polar surface area (TPSA) is 61.8 Å². The summed E-state index contributed by atoms with van der Waals surface area (Å²) in [5.41, 5.74) is 2.06. The molecule has 0 aliphatic rings. The number of esters is 2. The van der Waals surface area contributed by atoms with Crippen molar-refractivity contribution in [2.45, 2.75) is 65.6 Å². The molecule has 0 saturated carbocycles. The van der Waals surface area contributed by atoms with Crippen LogP contribution in [0.2, 0.25) is 0 Å². The summed E-state index contributed by atoms with van der Waals surface area (Å²) in [5.74, 6) is -0.396. The van der Waals surface area contributed by atoms with Crippen LogP contribution in [0, 0.1) is 5.92 Å². The molecule has 3 atom stereocenters. The third-order valence-corrected chi connectivity index (χ3v) is 5.43. The maximum absolute atomic E-state index is 13.0. The second-order valence-corrected chi connectivity index (χ2v) is 8.61. The molecule has 0 bridgehead atoms. The average molecular weight is 441 g/mol. The zero-order valence-corrected chi connectivity index (χ0v) is 19.9. The first-order valence-corrected chi connectivity index (χ1v) is 11.3. The molecule has 1 unspecified atom stereocenters. The molecule has 0 heterocycles. The maximum atomic E-state index is 13.0. The van der Waals surface area contributed by atoms with Crippen molar-refractivity contribution >= 4 is 22.7 Å². The van der Waals surface area contributed by atoms with E-state index < -0.39 is 12.1 Å². The number of carbonyl (C=O) groups is 2. The molecule has 0 aliphatic carbocycles. The average Bonchev–Trinajstić information content (AvgIpc) is 2.73. The molecule has 0 spiro atoms. The predicted molar refractivity (Wildman–Crippen MR) is 127 cm³/mol. The lowest BCUT2D eigenvalue weighted by molar-refractivity contribution is -0.163. The van der Waals surface area contributed by atoms with Gasteiger partial charge in [0.25, 0.3) is 0 Å². The molecule has 0 N–H and O–H groups in total. The van der Waals surface area contributed by atoms with Gasteiger partial charge in [0, 0.05) is 20.5 Å². The van der Waals surface area contributed by atoms with Crippen LogP contribution in [0.3, 0.4) is 0 Å². The van der Waals surface area contributed by atoms with Gasteiger partial charge in [-0.3, -0.25) is 4.79 Å². The molecule has 0 radical (unpaired) electrons. The van der Waals surface area contributed by atoms with Crippen LogP contribution in [-0.4, -0.2) is 31.8 Å². The van der Waals surface area contributed by atoms with E-state index in [1.54, 1.807) is 0 Å². The van der Waals surface area contributed by atoms with Gasteiger partial charge in [-0.15, -0.1) is 0 Å². The van der Waals surface area contributed by atoms with Crippen LogP contribution in [0.5, 0.6) is 0 Å². The van der Waals surface area contributed by atoms with Gasteiger partial charge in [-0.1, -0.05) is 55.0 Å². The zero-order valence-electron chi connectivity index (χ0n) is 19.9. The molecule has 0 saturated heterocycles. The van der Waals surface area contributed by atoms with E-state index in [4.69, 9.17) is 14.2 Å². The summed E-state index contributed by atoms with van der Waals surface area (Å²) in [4.78, 5) is 24.2. The van der Waals surface area contributed by atoms with Crippen LogP contribution >= 0.6 is 0 Å². The Morgan fingerprint density at radius 1 is 1.00 bits per heavy atom. The zero-order chi connectivity index (χ0) is 23.5. The summed E-state index contributed by atoms with van der Waals surface area (Å²) in [6.07, 6.45) is 4.23. The molecule has 5 heteroatoms. The molecule has 32 heavy (non-hydrogen) atoms. The third-order valence-electron chi connectivity index (χ3n) is 5.43. The molecular formula is C27H36O5. The Morgan fingerprint density at radius 2 is 1.72 bits per heavy atom. The summed E-state index contributed by atoms with van der Waals surface area (Å²) in [6, 6.07) is 13.8. The third kappa shape index (κ3) is 8.46. The minimum atomic E-state index is -0.809. The molecular weight excluding hydrogens is 404 g/mol. The van der Waals surface area contributed by atoms with Crippen LogP contribution in [0.25, 0.3) is 10.8 Å². The number of fused-ring (bicyclic) bond motifs is 1. The molecule has 0 amide bonds. The number of carbonyl (C=O) groups excluding carboxylic acids is 2. The van der Waals surface area contributed by atoms with Crippen molar-refractivity contribution in [2.24, 2.45) is 5.92 Å². The van der Waals surface area contributed by atoms with Crippen molar-refractivity contribution < 1.29 is 23.8 Å². The van der Waals surface area contributed by atoms with E-state index >= 15 is 0 Å². The van der Waals surface area contributed by atoms with Crippen LogP contribution < -0.4 is 0 Å². The number of methoxy groups -OCH3 is 1. The monoisotopic (exact) mass is 440 g/mol. The van der Waals surface area contributed by atoms with Gasteiger partial charge in [0.1, 0.15) is 6.10 Å². The fraction of sp³-hybridized carbons (Fsp3) is 0.481. The van der Waals surface area contributed by atoms with E-state index in [1.165, 1.54) is 19.6 Å². The molecule has 174 valence electrons.